The van der Waals surface area contributed by atoms with Gasteiger partial charge in [-0.1, -0.05) is 15.9 Å². The molecule has 1 aliphatic rings. The van der Waals surface area contributed by atoms with Gasteiger partial charge in [-0.15, -0.1) is 0 Å². The summed E-state index contributed by atoms with van der Waals surface area (Å²) in [6.07, 6.45) is 2.70. The van der Waals surface area contributed by atoms with Gasteiger partial charge in [-0.2, -0.15) is 0 Å². The van der Waals surface area contributed by atoms with E-state index in [-0.39, 0.29) is 5.82 Å². The van der Waals surface area contributed by atoms with Gasteiger partial charge in [0.05, 0.1) is 0 Å². The first kappa shape index (κ1) is 11.9. The topological polar surface area (TPSA) is 21.3 Å². The normalized spacial score (nSPS) is 15.1. The maximum absolute atomic E-state index is 13.0. The Morgan fingerprint density at radius 2 is 2.19 bits per heavy atom. The van der Waals surface area contributed by atoms with Crippen LogP contribution < -0.4 is 10.1 Å². The van der Waals surface area contributed by atoms with Crippen LogP contribution in [0.5, 0.6) is 5.75 Å². The largest absolute Gasteiger partial charge is 0.492 e. The van der Waals surface area contributed by atoms with Crippen molar-refractivity contribution in [2.24, 2.45) is 5.92 Å². The fourth-order valence-electron chi connectivity index (χ4n) is 1.48. The SMILES string of the molecule is Fc1cc(Br)cc(OCCNCC2CC2)c1. The third kappa shape index (κ3) is 4.10. The molecule has 1 aromatic carbocycles. The van der Waals surface area contributed by atoms with E-state index in [2.05, 4.69) is 21.2 Å². The molecule has 0 atom stereocenters. The van der Waals surface area contributed by atoms with Crippen molar-refractivity contribution in [1.82, 2.24) is 5.32 Å². The third-order valence-electron chi connectivity index (χ3n) is 2.51. The Hall–Kier alpha value is -0.610. The Morgan fingerprint density at radius 1 is 1.38 bits per heavy atom. The van der Waals surface area contributed by atoms with Crippen LogP contribution in [0.4, 0.5) is 4.39 Å². The summed E-state index contributed by atoms with van der Waals surface area (Å²) in [5, 5.41) is 3.32. The van der Waals surface area contributed by atoms with Gasteiger partial charge in [0, 0.05) is 17.1 Å². The zero-order valence-corrected chi connectivity index (χ0v) is 10.6. The number of hydrogen-bond donors (Lipinski definition) is 1. The van der Waals surface area contributed by atoms with Crippen molar-refractivity contribution in [3.8, 4) is 5.75 Å². The zero-order chi connectivity index (χ0) is 11.4. The fourth-order valence-corrected chi connectivity index (χ4v) is 1.93. The van der Waals surface area contributed by atoms with Crippen molar-refractivity contribution in [1.29, 1.82) is 0 Å². The molecule has 0 aliphatic heterocycles. The predicted molar refractivity (Wildman–Crippen MR) is 65.2 cm³/mol. The molecular weight excluding hydrogens is 273 g/mol. The third-order valence-corrected chi connectivity index (χ3v) is 2.97. The van der Waals surface area contributed by atoms with Gasteiger partial charge in [0.25, 0.3) is 0 Å². The highest BCUT2D eigenvalue weighted by molar-refractivity contribution is 9.10. The molecule has 4 heteroatoms. The van der Waals surface area contributed by atoms with Gasteiger partial charge in [-0.05, 0) is 37.4 Å². The predicted octanol–water partition coefficient (Wildman–Crippen LogP) is 2.97. The molecule has 1 aliphatic carbocycles. The van der Waals surface area contributed by atoms with Crippen LogP contribution in [-0.2, 0) is 0 Å². The highest BCUT2D eigenvalue weighted by atomic mass is 79.9. The Kier molecular flexibility index (Phi) is 4.18. The van der Waals surface area contributed by atoms with Crippen molar-refractivity contribution in [3.05, 3.63) is 28.5 Å². The Bertz CT molecular complexity index is 335. The lowest BCUT2D eigenvalue weighted by molar-refractivity contribution is 0.311. The first-order valence-electron chi connectivity index (χ1n) is 5.53. The summed E-state index contributed by atoms with van der Waals surface area (Å²) >= 11 is 3.23. The number of ether oxygens (including phenoxy) is 1. The molecule has 0 saturated heterocycles. The second-order valence-electron chi connectivity index (χ2n) is 4.10. The molecule has 2 rings (SSSR count). The number of rotatable bonds is 6. The summed E-state index contributed by atoms with van der Waals surface area (Å²) in [6, 6.07) is 4.58. The molecule has 0 unspecified atom stereocenters. The minimum absolute atomic E-state index is 0.282. The molecule has 0 amide bonds. The van der Waals surface area contributed by atoms with Gasteiger partial charge in [0.1, 0.15) is 18.2 Å². The first-order valence-corrected chi connectivity index (χ1v) is 6.33. The molecule has 1 N–H and O–H groups in total. The van der Waals surface area contributed by atoms with E-state index in [1.807, 2.05) is 0 Å². The lowest BCUT2D eigenvalue weighted by atomic mass is 10.3. The number of benzene rings is 1. The summed E-state index contributed by atoms with van der Waals surface area (Å²) in [7, 11) is 0. The minimum Gasteiger partial charge on any atom is -0.492 e. The van der Waals surface area contributed by atoms with E-state index in [1.54, 1.807) is 6.07 Å². The molecule has 2 nitrogen and oxygen atoms in total. The summed E-state index contributed by atoms with van der Waals surface area (Å²) in [6.45, 7) is 2.46. The fraction of sp³-hybridized carbons (Fsp3) is 0.500. The summed E-state index contributed by atoms with van der Waals surface area (Å²) in [5.41, 5.74) is 0. The van der Waals surface area contributed by atoms with Gasteiger partial charge in [0.2, 0.25) is 0 Å². The Balaban J connectivity index is 1.67. The highest BCUT2D eigenvalue weighted by Gasteiger charge is 2.19. The van der Waals surface area contributed by atoms with Gasteiger partial charge >= 0.3 is 0 Å². The smallest absolute Gasteiger partial charge is 0.128 e. The molecule has 16 heavy (non-hydrogen) atoms. The first-order chi connectivity index (χ1) is 7.74. The molecule has 1 saturated carbocycles. The van der Waals surface area contributed by atoms with Crippen LogP contribution in [0.15, 0.2) is 22.7 Å². The van der Waals surface area contributed by atoms with Crippen molar-refractivity contribution in [3.63, 3.8) is 0 Å². The van der Waals surface area contributed by atoms with Crippen LogP contribution in [0.3, 0.4) is 0 Å². The number of nitrogens with one attached hydrogen (secondary N) is 1. The van der Waals surface area contributed by atoms with Gasteiger partial charge < -0.3 is 10.1 Å². The molecule has 0 spiro atoms. The zero-order valence-electron chi connectivity index (χ0n) is 9.01. The molecular formula is C12H15BrFNO. The van der Waals surface area contributed by atoms with E-state index in [4.69, 9.17) is 4.74 Å². The summed E-state index contributed by atoms with van der Waals surface area (Å²) in [5.74, 6) is 1.17. The molecule has 0 aromatic heterocycles. The maximum atomic E-state index is 13.0. The lowest BCUT2D eigenvalue weighted by Crippen LogP contribution is -2.23. The van der Waals surface area contributed by atoms with Crippen LogP contribution >= 0.6 is 15.9 Å². The van der Waals surface area contributed by atoms with Crippen molar-refractivity contribution in [2.45, 2.75) is 12.8 Å². The van der Waals surface area contributed by atoms with E-state index >= 15 is 0 Å². The van der Waals surface area contributed by atoms with Crippen LogP contribution in [0, 0.1) is 11.7 Å². The molecule has 0 heterocycles. The monoisotopic (exact) mass is 287 g/mol. The van der Waals surface area contributed by atoms with Gasteiger partial charge in [0.15, 0.2) is 0 Å². The Morgan fingerprint density at radius 3 is 2.88 bits per heavy atom. The Labute approximate surface area is 103 Å². The van der Waals surface area contributed by atoms with Gasteiger partial charge in [-0.25, -0.2) is 4.39 Å². The lowest BCUT2D eigenvalue weighted by Gasteiger charge is -2.07. The van der Waals surface area contributed by atoms with E-state index in [0.29, 0.717) is 16.8 Å². The van der Waals surface area contributed by atoms with Crippen molar-refractivity contribution < 1.29 is 9.13 Å². The molecule has 1 aromatic rings. The highest BCUT2D eigenvalue weighted by Crippen LogP contribution is 2.27. The second kappa shape index (κ2) is 5.64. The number of halogens is 2. The van der Waals surface area contributed by atoms with Crippen molar-refractivity contribution >= 4 is 15.9 Å². The quantitative estimate of drug-likeness (QED) is 0.813. The summed E-state index contributed by atoms with van der Waals surface area (Å²) in [4.78, 5) is 0. The molecule has 88 valence electrons. The standard InChI is InChI=1S/C12H15BrFNO/c13-10-5-11(14)7-12(6-10)16-4-3-15-8-9-1-2-9/h5-7,9,15H,1-4,8H2. The van der Waals surface area contributed by atoms with Crippen molar-refractivity contribution in [2.75, 3.05) is 19.7 Å². The maximum Gasteiger partial charge on any atom is 0.128 e. The van der Waals surface area contributed by atoms with Crippen LogP contribution in [-0.4, -0.2) is 19.7 Å². The average Bonchev–Trinajstić information content (AvgIpc) is 2.99. The van der Waals surface area contributed by atoms with Crippen LogP contribution in [0.25, 0.3) is 0 Å². The van der Waals surface area contributed by atoms with Crippen LogP contribution in [0.2, 0.25) is 0 Å². The average molecular weight is 288 g/mol. The molecule has 0 bridgehead atoms. The van der Waals surface area contributed by atoms with E-state index < -0.39 is 0 Å². The van der Waals surface area contributed by atoms with Gasteiger partial charge in [-0.3, -0.25) is 0 Å². The van der Waals surface area contributed by atoms with E-state index in [9.17, 15) is 4.39 Å². The minimum atomic E-state index is -0.282. The van der Waals surface area contributed by atoms with Crippen LogP contribution in [0.1, 0.15) is 12.8 Å². The second-order valence-corrected chi connectivity index (χ2v) is 5.02. The molecule has 0 radical (unpaired) electrons. The van der Waals surface area contributed by atoms with E-state index in [1.165, 1.54) is 25.0 Å². The van der Waals surface area contributed by atoms with E-state index in [0.717, 1.165) is 19.0 Å². The number of hydrogen-bond acceptors (Lipinski definition) is 2. The summed E-state index contributed by atoms with van der Waals surface area (Å²) < 4.78 is 19.1. The molecule has 1 fully saturated rings.